The van der Waals surface area contributed by atoms with Crippen LogP contribution in [0.2, 0.25) is 0 Å². The Morgan fingerprint density at radius 3 is 2.55 bits per heavy atom. The Morgan fingerprint density at radius 1 is 1.35 bits per heavy atom. The number of carbonyl (C=O) groups is 2. The zero-order chi connectivity index (χ0) is 15.2. The van der Waals surface area contributed by atoms with Gasteiger partial charge < -0.3 is 10.4 Å². The Bertz CT molecular complexity index is 448. The van der Waals surface area contributed by atoms with E-state index in [1.807, 2.05) is 5.38 Å². The second-order valence-electron chi connectivity index (χ2n) is 4.01. The first-order valence-corrected chi connectivity index (χ1v) is 6.44. The highest BCUT2D eigenvalue weighted by Crippen LogP contribution is 2.16. The lowest BCUT2D eigenvalue weighted by Gasteiger charge is -2.20. The summed E-state index contributed by atoms with van der Waals surface area (Å²) in [5, 5.41) is 12.8. The minimum Gasteiger partial charge on any atom is -0.480 e. The van der Waals surface area contributed by atoms with Crippen LogP contribution in [0.4, 0.5) is 13.2 Å². The van der Waals surface area contributed by atoms with Crippen LogP contribution in [0.5, 0.6) is 0 Å². The van der Waals surface area contributed by atoms with Gasteiger partial charge in [0.25, 0.3) is 0 Å². The quantitative estimate of drug-likeness (QED) is 0.797. The SMILES string of the molecule is O=C(O)CN(CC(=O)NCc1cccs1)CC(F)(F)F. The molecule has 0 aliphatic heterocycles. The van der Waals surface area contributed by atoms with E-state index in [2.05, 4.69) is 5.32 Å². The fourth-order valence-corrected chi connectivity index (χ4v) is 2.11. The summed E-state index contributed by atoms with van der Waals surface area (Å²) in [7, 11) is 0. The zero-order valence-electron chi connectivity index (χ0n) is 10.3. The largest absolute Gasteiger partial charge is 0.480 e. The highest BCUT2D eigenvalue weighted by molar-refractivity contribution is 7.09. The zero-order valence-corrected chi connectivity index (χ0v) is 11.1. The van der Waals surface area contributed by atoms with Gasteiger partial charge in [-0.25, -0.2) is 0 Å². The molecule has 1 rings (SSSR count). The van der Waals surface area contributed by atoms with E-state index in [4.69, 9.17) is 5.11 Å². The number of carbonyl (C=O) groups excluding carboxylic acids is 1. The summed E-state index contributed by atoms with van der Waals surface area (Å²) < 4.78 is 36.8. The lowest BCUT2D eigenvalue weighted by molar-refractivity contribution is -0.155. The molecule has 0 radical (unpaired) electrons. The maximum absolute atomic E-state index is 12.3. The number of hydrogen-bond donors (Lipinski definition) is 2. The van der Waals surface area contributed by atoms with Gasteiger partial charge in [-0.15, -0.1) is 11.3 Å². The van der Waals surface area contributed by atoms with Crippen LogP contribution in [0.3, 0.4) is 0 Å². The van der Waals surface area contributed by atoms with Gasteiger partial charge in [0.15, 0.2) is 0 Å². The molecule has 0 bridgehead atoms. The van der Waals surface area contributed by atoms with E-state index in [1.165, 1.54) is 11.3 Å². The second-order valence-corrected chi connectivity index (χ2v) is 5.04. The monoisotopic (exact) mass is 310 g/mol. The number of carboxylic acid groups (broad SMARTS) is 1. The molecule has 5 nitrogen and oxygen atoms in total. The number of hydrogen-bond acceptors (Lipinski definition) is 4. The van der Waals surface area contributed by atoms with Crippen LogP contribution in [0.15, 0.2) is 17.5 Å². The fraction of sp³-hybridized carbons (Fsp3) is 0.455. The van der Waals surface area contributed by atoms with Crippen LogP contribution < -0.4 is 5.32 Å². The number of carboxylic acids is 1. The summed E-state index contributed by atoms with van der Waals surface area (Å²) >= 11 is 1.40. The Balaban J connectivity index is 2.46. The van der Waals surface area contributed by atoms with Gasteiger partial charge in [0, 0.05) is 4.88 Å². The van der Waals surface area contributed by atoms with Crippen molar-refractivity contribution in [3.8, 4) is 0 Å². The number of amides is 1. The highest BCUT2D eigenvalue weighted by atomic mass is 32.1. The van der Waals surface area contributed by atoms with Crippen molar-refractivity contribution in [2.24, 2.45) is 0 Å². The number of aliphatic carboxylic acids is 1. The maximum atomic E-state index is 12.3. The molecule has 0 saturated heterocycles. The predicted molar refractivity (Wildman–Crippen MR) is 66.3 cm³/mol. The van der Waals surface area contributed by atoms with Crippen LogP contribution in [0, 0.1) is 0 Å². The Labute approximate surface area is 117 Å². The molecule has 0 spiro atoms. The average Bonchev–Trinajstić information content (AvgIpc) is 2.75. The molecule has 0 fully saturated rings. The number of halogens is 3. The molecule has 0 saturated carbocycles. The Kier molecular flexibility index (Phi) is 5.96. The van der Waals surface area contributed by atoms with Crippen molar-refractivity contribution < 1.29 is 27.9 Å². The molecule has 112 valence electrons. The van der Waals surface area contributed by atoms with Gasteiger partial charge in [0.2, 0.25) is 5.91 Å². The lowest BCUT2D eigenvalue weighted by atomic mass is 10.4. The van der Waals surface area contributed by atoms with Gasteiger partial charge in [0.1, 0.15) is 0 Å². The van der Waals surface area contributed by atoms with Gasteiger partial charge in [-0.2, -0.15) is 13.2 Å². The van der Waals surface area contributed by atoms with Crippen molar-refractivity contribution in [2.75, 3.05) is 19.6 Å². The number of rotatable bonds is 7. The standard InChI is InChI=1S/C11H13F3N2O3S/c12-11(13,14)7-16(6-10(18)19)5-9(17)15-4-8-2-1-3-20-8/h1-3H,4-7H2,(H,15,17)(H,18,19). The highest BCUT2D eigenvalue weighted by Gasteiger charge is 2.32. The first-order chi connectivity index (χ1) is 9.26. The summed E-state index contributed by atoms with van der Waals surface area (Å²) in [4.78, 5) is 23.4. The summed E-state index contributed by atoms with van der Waals surface area (Å²) in [6.07, 6.45) is -4.55. The molecule has 1 heterocycles. The topological polar surface area (TPSA) is 69.6 Å². The molecule has 0 unspecified atom stereocenters. The first-order valence-electron chi connectivity index (χ1n) is 5.56. The smallest absolute Gasteiger partial charge is 0.401 e. The van der Waals surface area contributed by atoms with Gasteiger partial charge in [-0.3, -0.25) is 14.5 Å². The first kappa shape index (κ1) is 16.4. The predicted octanol–water partition coefficient (Wildman–Crippen LogP) is 1.31. The molecular formula is C11H13F3N2O3S. The maximum Gasteiger partial charge on any atom is 0.401 e. The van der Waals surface area contributed by atoms with Crippen molar-refractivity contribution >= 4 is 23.2 Å². The fourth-order valence-electron chi connectivity index (χ4n) is 1.47. The normalized spacial score (nSPS) is 11.6. The van der Waals surface area contributed by atoms with Gasteiger partial charge in [-0.05, 0) is 11.4 Å². The van der Waals surface area contributed by atoms with E-state index in [-0.39, 0.29) is 6.54 Å². The second kappa shape index (κ2) is 7.25. The number of nitrogens with one attached hydrogen (secondary N) is 1. The summed E-state index contributed by atoms with van der Waals surface area (Å²) in [5.74, 6) is -2.07. The molecule has 20 heavy (non-hydrogen) atoms. The van der Waals surface area contributed by atoms with E-state index in [0.717, 1.165) is 4.88 Å². The van der Waals surface area contributed by atoms with Crippen LogP contribution in [0.1, 0.15) is 4.88 Å². The van der Waals surface area contributed by atoms with Crippen LogP contribution in [0.25, 0.3) is 0 Å². The summed E-state index contributed by atoms with van der Waals surface area (Å²) in [5.41, 5.74) is 0. The summed E-state index contributed by atoms with van der Waals surface area (Å²) in [6.45, 7) is -2.68. The van der Waals surface area contributed by atoms with Crippen LogP contribution in [-0.4, -0.2) is 47.7 Å². The molecule has 1 aromatic heterocycles. The van der Waals surface area contributed by atoms with Crippen molar-refractivity contribution in [3.05, 3.63) is 22.4 Å². The van der Waals surface area contributed by atoms with Crippen molar-refractivity contribution in [3.63, 3.8) is 0 Å². The van der Waals surface area contributed by atoms with Crippen LogP contribution in [-0.2, 0) is 16.1 Å². The minimum atomic E-state index is -4.55. The van der Waals surface area contributed by atoms with E-state index in [0.29, 0.717) is 4.90 Å². The molecule has 1 aromatic rings. The Hall–Kier alpha value is -1.61. The average molecular weight is 310 g/mol. The molecule has 0 aliphatic carbocycles. The van der Waals surface area contributed by atoms with Crippen molar-refractivity contribution in [1.82, 2.24) is 10.2 Å². The Morgan fingerprint density at radius 2 is 2.05 bits per heavy atom. The van der Waals surface area contributed by atoms with Gasteiger partial charge in [-0.1, -0.05) is 6.07 Å². The molecule has 0 atom stereocenters. The number of thiophene rings is 1. The number of nitrogens with zero attached hydrogens (tertiary/aromatic N) is 1. The molecule has 0 aliphatic rings. The lowest BCUT2D eigenvalue weighted by Crippen LogP contribution is -2.43. The molecule has 9 heteroatoms. The van der Waals surface area contributed by atoms with Crippen LogP contribution >= 0.6 is 11.3 Å². The number of alkyl halides is 3. The van der Waals surface area contributed by atoms with Gasteiger partial charge in [0.05, 0.1) is 26.2 Å². The van der Waals surface area contributed by atoms with E-state index >= 15 is 0 Å². The molecule has 1 amide bonds. The third kappa shape index (κ3) is 7.10. The van der Waals surface area contributed by atoms with Crippen molar-refractivity contribution in [2.45, 2.75) is 12.7 Å². The van der Waals surface area contributed by atoms with E-state index in [9.17, 15) is 22.8 Å². The minimum absolute atomic E-state index is 0.212. The summed E-state index contributed by atoms with van der Waals surface area (Å²) in [6, 6.07) is 3.56. The van der Waals surface area contributed by atoms with Crippen molar-refractivity contribution in [1.29, 1.82) is 0 Å². The molecule has 0 aromatic carbocycles. The third-order valence-corrected chi connectivity index (χ3v) is 3.05. The van der Waals surface area contributed by atoms with E-state index in [1.54, 1.807) is 12.1 Å². The molecule has 2 N–H and O–H groups in total. The molecular weight excluding hydrogens is 297 g/mol. The van der Waals surface area contributed by atoms with E-state index < -0.39 is 37.7 Å². The third-order valence-electron chi connectivity index (χ3n) is 2.17. The van der Waals surface area contributed by atoms with Gasteiger partial charge >= 0.3 is 12.1 Å².